The number of anilines is 1. The average molecular weight is 379 g/mol. The van der Waals surface area contributed by atoms with Crippen molar-refractivity contribution in [1.82, 2.24) is 15.8 Å². The van der Waals surface area contributed by atoms with E-state index in [9.17, 15) is 18.0 Å². The Labute approximate surface area is 152 Å². The molecule has 0 atom stereocenters. The van der Waals surface area contributed by atoms with Gasteiger partial charge in [-0.2, -0.15) is 18.4 Å². The van der Waals surface area contributed by atoms with Crippen LogP contribution < -0.4 is 16.2 Å². The van der Waals surface area contributed by atoms with Crippen LogP contribution in [0.2, 0.25) is 0 Å². The number of carbonyl (C=O) groups excluding carboxylic acids is 1. The molecule has 0 saturated heterocycles. The van der Waals surface area contributed by atoms with Crippen LogP contribution in [0.3, 0.4) is 0 Å². The van der Waals surface area contributed by atoms with Gasteiger partial charge in [-0.05, 0) is 55.0 Å². The second-order valence-corrected chi connectivity index (χ2v) is 5.51. The molecule has 0 aliphatic heterocycles. The number of nitrogens with one attached hydrogen (secondary N) is 3. The number of hydrazine groups is 1. The molecule has 0 aliphatic carbocycles. The summed E-state index contributed by atoms with van der Waals surface area (Å²) in [5.41, 5.74) is 4.62. The molecule has 1 aromatic heterocycles. The van der Waals surface area contributed by atoms with E-state index in [0.717, 1.165) is 18.2 Å². The SMILES string of the molecule is Cc1cc(C(=O)NNC(=S)Nc2ccc(C#N)nc2)ccc1C(F)(F)F. The summed E-state index contributed by atoms with van der Waals surface area (Å²) in [5, 5.41) is 11.4. The zero-order chi connectivity index (χ0) is 19.3. The summed E-state index contributed by atoms with van der Waals surface area (Å²) >= 11 is 4.98. The van der Waals surface area contributed by atoms with Gasteiger partial charge in [0.1, 0.15) is 11.8 Å². The Morgan fingerprint density at radius 2 is 1.96 bits per heavy atom. The minimum Gasteiger partial charge on any atom is -0.330 e. The van der Waals surface area contributed by atoms with Crippen molar-refractivity contribution in [3.63, 3.8) is 0 Å². The number of carbonyl (C=O) groups is 1. The highest BCUT2D eigenvalue weighted by Crippen LogP contribution is 2.31. The van der Waals surface area contributed by atoms with E-state index < -0.39 is 17.6 Å². The summed E-state index contributed by atoms with van der Waals surface area (Å²) in [6.07, 6.45) is -3.09. The van der Waals surface area contributed by atoms with Crippen LogP contribution in [0, 0.1) is 18.3 Å². The van der Waals surface area contributed by atoms with Gasteiger partial charge in [-0.1, -0.05) is 0 Å². The molecule has 0 saturated carbocycles. The third kappa shape index (κ3) is 4.90. The maximum atomic E-state index is 12.7. The van der Waals surface area contributed by atoms with Crippen molar-refractivity contribution in [3.05, 3.63) is 58.9 Å². The van der Waals surface area contributed by atoms with Gasteiger partial charge in [0, 0.05) is 5.56 Å². The van der Waals surface area contributed by atoms with Crippen LogP contribution in [-0.4, -0.2) is 16.0 Å². The van der Waals surface area contributed by atoms with Crippen molar-refractivity contribution in [2.24, 2.45) is 0 Å². The number of aromatic nitrogens is 1. The fourth-order valence-corrected chi connectivity index (χ4v) is 2.17. The normalized spacial score (nSPS) is 10.6. The number of pyridine rings is 1. The van der Waals surface area contributed by atoms with Gasteiger partial charge in [-0.15, -0.1) is 0 Å². The minimum atomic E-state index is -4.47. The molecule has 1 heterocycles. The molecule has 6 nitrogen and oxygen atoms in total. The minimum absolute atomic E-state index is 0.0356. The van der Waals surface area contributed by atoms with Crippen LogP contribution in [0.4, 0.5) is 18.9 Å². The smallest absolute Gasteiger partial charge is 0.330 e. The Morgan fingerprint density at radius 3 is 2.50 bits per heavy atom. The molecular weight excluding hydrogens is 367 g/mol. The average Bonchev–Trinajstić information content (AvgIpc) is 2.59. The molecule has 3 N–H and O–H groups in total. The Kier molecular flexibility index (Phi) is 5.74. The first-order valence-corrected chi connectivity index (χ1v) is 7.53. The Morgan fingerprint density at radius 1 is 1.23 bits per heavy atom. The van der Waals surface area contributed by atoms with Crippen molar-refractivity contribution in [2.75, 3.05) is 5.32 Å². The quantitative estimate of drug-likeness (QED) is 0.549. The van der Waals surface area contributed by atoms with Gasteiger partial charge in [0.05, 0.1) is 17.4 Å². The number of hydrogen-bond acceptors (Lipinski definition) is 4. The number of amides is 1. The van der Waals surface area contributed by atoms with Crippen molar-refractivity contribution in [1.29, 1.82) is 5.26 Å². The zero-order valence-corrected chi connectivity index (χ0v) is 14.1. The van der Waals surface area contributed by atoms with E-state index in [-0.39, 0.29) is 21.9 Å². The third-order valence-electron chi connectivity index (χ3n) is 3.22. The highest BCUT2D eigenvalue weighted by molar-refractivity contribution is 7.80. The lowest BCUT2D eigenvalue weighted by atomic mass is 10.0. The number of thiocarbonyl (C=S) groups is 1. The van der Waals surface area contributed by atoms with E-state index in [1.807, 2.05) is 6.07 Å². The van der Waals surface area contributed by atoms with Gasteiger partial charge in [0.25, 0.3) is 5.91 Å². The summed E-state index contributed by atoms with van der Waals surface area (Å²) < 4.78 is 38.2. The molecule has 0 fully saturated rings. The maximum absolute atomic E-state index is 12.7. The molecule has 0 spiro atoms. The van der Waals surface area contributed by atoms with Gasteiger partial charge >= 0.3 is 6.18 Å². The number of aryl methyl sites for hydroxylation is 1. The predicted octanol–water partition coefficient (Wildman–Crippen LogP) is 2.91. The van der Waals surface area contributed by atoms with Gasteiger partial charge in [-0.3, -0.25) is 15.6 Å². The summed E-state index contributed by atoms with van der Waals surface area (Å²) in [7, 11) is 0. The van der Waals surface area contributed by atoms with Crippen molar-refractivity contribution >= 4 is 28.9 Å². The molecular formula is C16H12F3N5OS. The van der Waals surface area contributed by atoms with Crippen LogP contribution in [0.5, 0.6) is 0 Å². The van der Waals surface area contributed by atoms with E-state index >= 15 is 0 Å². The lowest BCUT2D eigenvalue weighted by Crippen LogP contribution is -2.43. The summed E-state index contributed by atoms with van der Waals surface area (Å²) in [6.45, 7) is 1.27. The second-order valence-electron chi connectivity index (χ2n) is 5.10. The fourth-order valence-electron chi connectivity index (χ4n) is 2.00. The second kappa shape index (κ2) is 7.79. The first kappa shape index (κ1) is 19.1. The van der Waals surface area contributed by atoms with Gasteiger partial charge in [0.15, 0.2) is 5.11 Å². The standard InChI is InChI=1S/C16H12F3N5OS/c1-9-6-10(2-5-13(9)16(17,18)19)14(25)23-24-15(26)22-12-4-3-11(7-20)21-8-12/h2-6,8H,1H3,(H,23,25)(H2,22,24,26). The van der Waals surface area contributed by atoms with Gasteiger partial charge < -0.3 is 5.32 Å². The number of benzene rings is 1. The van der Waals surface area contributed by atoms with Crippen molar-refractivity contribution in [2.45, 2.75) is 13.1 Å². The summed E-state index contributed by atoms with van der Waals surface area (Å²) in [4.78, 5) is 15.8. The number of nitriles is 1. The maximum Gasteiger partial charge on any atom is 0.416 e. The molecule has 1 aromatic carbocycles. The van der Waals surface area contributed by atoms with Gasteiger partial charge in [-0.25, -0.2) is 4.98 Å². The van der Waals surface area contributed by atoms with Gasteiger partial charge in [0.2, 0.25) is 0 Å². The van der Waals surface area contributed by atoms with E-state index in [1.165, 1.54) is 19.2 Å². The summed E-state index contributed by atoms with van der Waals surface area (Å²) in [5.74, 6) is -0.649. The molecule has 0 aliphatic rings. The van der Waals surface area contributed by atoms with E-state index in [1.54, 1.807) is 6.07 Å². The van der Waals surface area contributed by atoms with Crippen LogP contribution in [-0.2, 0) is 6.18 Å². The van der Waals surface area contributed by atoms with E-state index in [2.05, 4.69) is 21.2 Å². The van der Waals surface area contributed by atoms with Crippen LogP contribution in [0.25, 0.3) is 0 Å². The molecule has 0 radical (unpaired) electrons. The molecule has 2 aromatic rings. The predicted molar refractivity (Wildman–Crippen MR) is 92.0 cm³/mol. The molecule has 2 rings (SSSR count). The lowest BCUT2D eigenvalue weighted by Gasteiger charge is -2.13. The first-order chi connectivity index (χ1) is 12.2. The molecule has 1 amide bonds. The molecule has 10 heteroatoms. The Bertz CT molecular complexity index is 875. The lowest BCUT2D eigenvalue weighted by molar-refractivity contribution is -0.138. The van der Waals surface area contributed by atoms with Crippen molar-refractivity contribution in [3.8, 4) is 6.07 Å². The van der Waals surface area contributed by atoms with Crippen LogP contribution >= 0.6 is 12.2 Å². The number of rotatable bonds is 2. The fraction of sp³-hybridized carbons (Fsp3) is 0.125. The van der Waals surface area contributed by atoms with Crippen molar-refractivity contribution < 1.29 is 18.0 Å². The highest BCUT2D eigenvalue weighted by atomic mass is 32.1. The number of hydrogen-bond donors (Lipinski definition) is 3. The number of alkyl halides is 3. The number of halogens is 3. The largest absolute Gasteiger partial charge is 0.416 e. The monoisotopic (exact) mass is 379 g/mol. The number of nitrogens with zero attached hydrogens (tertiary/aromatic N) is 2. The molecule has 0 unspecified atom stereocenters. The highest BCUT2D eigenvalue weighted by Gasteiger charge is 2.32. The molecule has 0 bridgehead atoms. The summed E-state index contributed by atoms with van der Waals surface area (Å²) in [6, 6.07) is 7.99. The van der Waals surface area contributed by atoms with Crippen LogP contribution in [0.15, 0.2) is 36.5 Å². The third-order valence-corrected chi connectivity index (χ3v) is 3.42. The topological polar surface area (TPSA) is 89.8 Å². The Balaban J connectivity index is 1.94. The molecule has 26 heavy (non-hydrogen) atoms. The molecule has 134 valence electrons. The zero-order valence-electron chi connectivity index (χ0n) is 13.3. The van der Waals surface area contributed by atoms with Crippen LogP contribution in [0.1, 0.15) is 27.2 Å². The first-order valence-electron chi connectivity index (χ1n) is 7.12. The van der Waals surface area contributed by atoms with E-state index in [0.29, 0.717) is 5.69 Å². The van der Waals surface area contributed by atoms with E-state index in [4.69, 9.17) is 17.5 Å². The Hall–Kier alpha value is -3.19.